The van der Waals surface area contributed by atoms with Crippen molar-refractivity contribution in [3.63, 3.8) is 0 Å². The maximum absolute atomic E-state index is 12.5. The lowest BCUT2D eigenvalue weighted by Crippen LogP contribution is -2.26. The Morgan fingerprint density at radius 2 is 1.57 bits per heavy atom. The van der Waals surface area contributed by atoms with Gasteiger partial charge in [0.05, 0.1) is 0 Å². The fourth-order valence-corrected chi connectivity index (χ4v) is 2.60. The number of carbonyl (C=O) groups excluding carboxylic acids is 2. The molecule has 0 radical (unpaired) electrons. The van der Waals surface area contributed by atoms with E-state index in [4.69, 9.17) is 0 Å². The maximum Gasteiger partial charge on any atom is 0.276 e. The summed E-state index contributed by atoms with van der Waals surface area (Å²) in [4.78, 5) is 36.5. The number of carbonyl (C=O) groups is 2. The monoisotopic (exact) mass is 376 g/mol. The second kappa shape index (κ2) is 8.77. The first-order valence-corrected chi connectivity index (χ1v) is 8.93. The number of aromatic nitrogens is 2. The van der Waals surface area contributed by atoms with Crippen LogP contribution in [0, 0.1) is 0 Å². The van der Waals surface area contributed by atoms with E-state index in [-0.39, 0.29) is 17.2 Å². The van der Waals surface area contributed by atoms with Crippen LogP contribution in [-0.4, -0.2) is 21.6 Å². The van der Waals surface area contributed by atoms with Gasteiger partial charge < -0.3 is 10.6 Å². The highest BCUT2D eigenvalue weighted by atomic mass is 16.2. The number of amides is 2. The van der Waals surface area contributed by atoms with Crippen LogP contribution in [0.5, 0.6) is 0 Å². The molecule has 0 aliphatic rings. The Bertz CT molecular complexity index is 1040. The zero-order valence-electron chi connectivity index (χ0n) is 15.4. The smallest absolute Gasteiger partial charge is 0.276 e. The summed E-state index contributed by atoms with van der Waals surface area (Å²) in [5.74, 6) is -0.672. The van der Waals surface area contributed by atoms with Gasteiger partial charge in [0.1, 0.15) is 5.69 Å². The summed E-state index contributed by atoms with van der Waals surface area (Å²) < 4.78 is 1.27. The summed E-state index contributed by atoms with van der Waals surface area (Å²) in [5, 5.41) is 9.62. The van der Waals surface area contributed by atoms with Gasteiger partial charge in [0.25, 0.3) is 17.4 Å². The summed E-state index contributed by atoms with van der Waals surface area (Å²) in [6, 6.07) is 18.4. The van der Waals surface area contributed by atoms with E-state index in [1.165, 1.54) is 16.8 Å². The maximum atomic E-state index is 12.5. The lowest BCUT2D eigenvalue weighted by molar-refractivity contribution is 0.101. The van der Waals surface area contributed by atoms with Gasteiger partial charge in [0.2, 0.25) is 0 Å². The molecule has 1 heterocycles. The lowest BCUT2D eigenvalue weighted by Gasteiger charge is -2.09. The van der Waals surface area contributed by atoms with Gasteiger partial charge in [-0.25, -0.2) is 4.68 Å². The van der Waals surface area contributed by atoms with Crippen molar-refractivity contribution in [2.24, 2.45) is 0 Å². The Morgan fingerprint density at radius 1 is 0.893 bits per heavy atom. The average molecular weight is 376 g/mol. The zero-order valence-corrected chi connectivity index (χ0v) is 15.4. The molecule has 7 heteroatoms. The first kappa shape index (κ1) is 19.0. The molecule has 0 aliphatic heterocycles. The second-order valence-corrected chi connectivity index (χ2v) is 6.14. The number of aryl methyl sites for hydroxylation is 1. The summed E-state index contributed by atoms with van der Waals surface area (Å²) >= 11 is 0. The number of nitrogens with one attached hydrogen (secondary N) is 2. The predicted octanol–water partition coefficient (Wildman–Crippen LogP) is 3.16. The Balaban J connectivity index is 1.72. The quantitative estimate of drug-likeness (QED) is 0.691. The van der Waals surface area contributed by atoms with Gasteiger partial charge in [-0.1, -0.05) is 31.2 Å². The van der Waals surface area contributed by atoms with Crippen molar-refractivity contribution in [3.05, 3.63) is 88.3 Å². The van der Waals surface area contributed by atoms with Gasteiger partial charge in [-0.3, -0.25) is 14.4 Å². The van der Waals surface area contributed by atoms with Crippen molar-refractivity contribution < 1.29 is 9.59 Å². The molecule has 2 aromatic carbocycles. The highest BCUT2D eigenvalue weighted by Crippen LogP contribution is 2.17. The predicted molar refractivity (Wildman–Crippen MR) is 108 cm³/mol. The minimum absolute atomic E-state index is 0.145. The van der Waals surface area contributed by atoms with E-state index in [0.29, 0.717) is 23.5 Å². The van der Waals surface area contributed by atoms with E-state index < -0.39 is 5.91 Å². The van der Waals surface area contributed by atoms with E-state index >= 15 is 0 Å². The van der Waals surface area contributed by atoms with E-state index in [9.17, 15) is 14.4 Å². The van der Waals surface area contributed by atoms with Crippen LogP contribution in [0.1, 0.15) is 34.2 Å². The average Bonchev–Trinajstić information content (AvgIpc) is 2.70. The van der Waals surface area contributed by atoms with Gasteiger partial charge in [0.15, 0.2) is 0 Å². The number of hydrogen-bond acceptors (Lipinski definition) is 4. The third kappa shape index (κ3) is 4.70. The molecule has 2 N–H and O–H groups in total. The van der Waals surface area contributed by atoms with Gasteiger partial charge in [-0.15, -0.1) is 0 Å². The largest absolute Gasteiger partial charge is 0.322 e. The minimum Gasteiger partial charge on any atom is -0.322 e. The first-order chi connectivity index (χ1) is 13.6. The number of nitrogens with zero attached hydrogens (tertiary/aromatic N) is 2. The Morgan fingerprint density at radius 3 is 2.25 bits per heavy atom. The standard InChI is InChI=1S/C21H20N4O3/c1-2-13-25-19(26)12-11-18(24-25)21(28)23-17-10-6-9-16(14-17)22-20(27)15-7-4-3-5-8-15/h3-12,14H,2,13H2,1H3,(H,22,27)(H,23,28). The molecule has 0 aliphatic carbocycles. The van der Waals surface area contributed by atoms with Crippen LogP contribution < -0.4 is 16.2 Å². The highest BCUT2D eigenvalue weighted by molar-refractivity contribution is 6.05. The van der Waals surface area contributed by atoms with E-state index in [1.807, 2.05) is 13.0 Å². The van der Waals surface area contributed by atoms with Crippen LogP contribution in [0.2, 0.25) is 0 Å². The molecule has 1 aromatic heterocycles. The van der Waals surface area contributed by atoms with Crippen LogP contribution >= 0.6 is 0 Å². The molecule has 28 heavy (non-hydrogen) atoms. The molecule has 0 saturated carbocycles. The number of rotatable bonds is 6. The normalized spacial score (nSPS) is 10.3. The van der Waals surface area contributed by atoms with Crippen molar-refractivity contribution in [2.45, 2.75) is 19.9 Å². The van der Waals surface area contributed by atoms with Crippen LogP contribution in [0.25, 0.3) is 0 Å². The van der Waals surface area contributed by atoms with Crippen molar-refractivity contribution >= 4 is 23.2 Å². The van der Waals surface area contributed by atoms with Gasteiger partial charge in [0, 0.05) is 29.5 Å². The molecular weight excluding hydrogens is 356 g/mol. The van der Waals surface area contributed by atoms with E-state index in [2.05, 4.69) is 15.7 Å². The van der Waals surface area contributed by atoms with Crippen molar-refractivity contribution in [3.8, 4) is 0 Å². The van der Waals surface area contributed by atoms with E-state index in [0.717, 1.165) is 6.42 Å². The molecule has 0 atom stereocenters. The molecule has 0 saturated heterocycles. The molecule has 0 bridgehead atoms. The lowest BCUT2D eigenvalue weighted by atomic mass is 10.2. The van der Waals surface area contributed by atoms with Gasteiger partial charge >= 0.3 is 0 Å². The zero-order chi connectivity index (χ0) is 19.9. The topological polar surface area (TPSA) is 93.1 Å². The van der Waals surface area contributed by atoms with Crippen LogP contribution in [0.3, 0.4) is 0 Å². The van der Waals surface area contributed by atoms with E-state index in [1.54, 1.807) is 48.5 Å². The van der Waals surface area contributed by atoms with Crippen molar-refractivity contribution in [1.29, 1.82) is 0 Å². The molecule has 3 aromatic rings. The fourth-order valence-electron chi connectivity index (χ4n) is 2.60. The minimum atomic E-state index is -0.434. The van der Waals surface area contributed by atoms with Crippen molar-refractivity contribution in [1.82, 2.24) is 9.78 Å². The molecular formula is C21H20N4O3. The SMILES string of the molecule is CCCn1nc(C(=O)Nc2cccc(NC(=O)c3ccccc3)c2)ccc1=O. The Hall–Kier alpha value is -3.74. The Kier molecular flexibility index (Phi) is 5.96. The first-order valence-electron chi connectivity index (χ1n) is 8.93. The molecule has 2 amide bonds. The van der Waals surface area contributed by atoms with Gasteiger partial charge in [-0.2, -0.15) is 5.10 Å². The van der Waals surface area contributed by atoms with Crippen LogP contribution in [0.15, 0.2) is 71.5 Å². The van der Waals surface area contributed by atoms with Crippen LogP contribution in [-0.2, 0) is 6.54 Å². The molecule has 7 nitrogen and oxygen atoms in total. The molecule has 142 valence electrons. The fraction of sp³-hybridized carbons (Fsp3) is 0.143. The molecule has 3 rings (SSSR count). The summed E-state index contributed by atoms with van der Waals surface area (Å²) in [6.07, 6.45) is 0.737. The third-order valence-electron chi connectivity index (χ3n) is 3.95. The number of anilines is 2. The molecule has 0 unspecified atom stereocenters. The summed E-state index contributed by atoms with van der Waals surface area (Å²) in [7, 11) is 0. The Labute approximate surface area is 162 Å². The van der Waals surface area contributed by atoms with Crippen molar-refractivity contribution in [2.75, 3.05) is 10.6 Å². The number of benzene rings is 2. The third-order valence-corrected chi connectivity index (χ3v) is 3.95. The van der Waals surface area contributed by atoms with Gasteiger partial charge in [-0.05, 0) is 42.8 Å². The number of hydrogen-bond donors (Lipinski definition) is 2. The van der Waals surface area contributed by atoms with Crippen LogP contribution in [0.4, 0.5) is 11.4 Å². The second-order valence-electron chi connectivity index (χ2n) is 6.14. The summed E-state index contributed by atoms with van der Waals surface area (Å²) in [5.41, 5.74) is 1.50. The highest BCUT2D eigenvalue weighted by Gasteiger charge is 2.11. The summed E-state index contributed by atoms with van der Waals surface area (Å²) in [6.45, 7) is 2.37. The molecule has 0 fully saturated rings. The molecule has 0 spiro atoms.